The van der Waals surface area contributed by atoms with Gasteiger partial charge in [-0.3, -0.25) is 15.1 Å². The second kappa shape index (κ2) is 7.26. The lowest BCUT2D eigenvalue weighted by Gasteiger charge is -2.38. The maximum atomic E-state index is 11.1. The van der Waals surface area contributed by atoms with E-state index in [0.717, 1.165) is 0 Å². The first-order valence-corrected chi connectivity index (χ1v) is 11.0. The molecular formula is C16H26N2O5Si. The largest absolute Gasteiger partial charge is 0.414 e. The monoisotopic (exact) mass is 354 g/mol. The molecule has 1 aromatic rings. The Labute approximate surface area is 143 Å². The van der Waals surface area contributed by atoms with Gasteiger partial charge in [0, 0.05) is 6.20 Å². The van der Waals surface area contributed by atoms with Crippen molar-refractivity contribution < 1.29 is 18.8 Å². The summed E-state index contributed by atoms with van der Waals surface area (Å²) in [6.07, 6.45) is 2.55. The Hall–Kier alpha value is -1.35. The summed E-state index contributed by atoms with van der Waals surface area (Å²) >= 11 is 0. The third-order valence-corrected chi connectivity index (χ3v) is 9.25. The standard InChI is InChI=1S/C16H26N2O5Si/c1-16(2,3)24(4,5)22-11-12-7-9-21-15(23-12)13-6-8-17-10-14(13)18(19)20/h6,8,10,12,15H,7,9,11H2,1-5H3/t12-,15-/m1/s1. The van der Waals surface area contributed by atoms with Gasteiger partial charge in [-0.05, 0) is 30.6 Å². The van der Waals surface area contributed by atoms with Crippen LogP contribution in [0.2, 0.25) is 18.1 Å². The Bertz CT molecular complexity index is 588. The van der Waals surface area contributed by atoms with Gasteiger partial charge in [-0.2, -0.15) is 0 Å². The van der Waals surface area contributed by atoms with E-state index in [-0.39, 0.29) is 16.8 Å². The lowest BCUT2D eigenvalue weighted by Crippen LogP contribution is -2.44. The summed E-state index contributed by atoms with van der Waals surface area (Å²) in [4.78, 5) is 14.5. The van der Waals surface area contributed by atoms with Crippen LogP contribution in [0, 0.1) is 10.1 Å². The van der Waals surface area contributed by atoms with Crippen molar-refractivity contribution in [3.05, 3.63) is 34.1 Å². The summed E-state index contributed by atoms with van der Waals surface area (Å²) in [5.41, 5.74) is 0.306. The van der Waals surface area contributed by atoms with Gasteiger partial charge in [0.25, 0.3) is 5.69 Å². The van der Waals surface area contributed by atoms with Crippen LogP contribution in [-0.4, -0.2) is 37.5 Å². The Morgan fingerprint density at radius 1 is 1.46 bits per heavy atom. The number of hydrogen-bond acceptors (Lipinski definition) is 6. The number of aromatic nitrogens is 1. The number of nitrogens with zero attached hydrogens (tertiary/aromatic N) is 2. The molecule has 8 heteroatoms. The first-order chi connectivity index (χ1) is 11.1. The van der Waals surface area contributed by atoms with Crippen LogP contribution in [0.15, 0.2) is 18.5 Å². The fourth-order valence-corrected chi connectivity index (χ4v) is 3.18. The van der Waals surface area contributed by atoms with Crippen molar-refractivity contribution in [2.45, 2.75) is 57.7 Å². The van der Waals surface area contributed by atoms with Gasteiger partial charge in [-0.15, -0.1) is 0 Å². The summed E-state index contributed by atoms with van der Waals surface area (Å²) in [6.45, 7) is 11.9. The van der Waals surface area contributed by atoms with Crippen LogP contribution in [0.4, 0.5) is 5.69 Å². The van der Waals surface area contributed by atoms with Crippen molar-refractivity contribution in [2.24, 2.45) is 0 Å². The SMILES string of the molecule is CC(C)(C)[Si](C)(C)OC[C@H]1CCO[C@@H](c2ccncc2[N+](=O)[O-])O1. The van der Waals surface area contributed by atoms with E-state index in [1.54, 1.807) is 6.07 Å². The number of pyridine rings is 1. The van der Waals surface area contributed by atoms with Crippen LogP contribution in [0.25, 0.3) is 0 Å². The normalized spacial score (nSPS) is 22.4. The molecule has 2 rings (SSSR count). The lowest BCUT2D eigenvalue weighted by atomic mass is 10.2. The van der Waals surface area contributed by atoms with E-state index in [9.17, 15) is 10.1 Å². The second-order valence-corrected chi connectivity index (χ2v) is 12.3. The summed E-state index contributed by atoms with van der Waals surface area (Å²) < 4.78 is 17.7. The van der Waals surface area contributed by atoms with Crippen molar-refractivity contribution in [2.75, 3.05) is 13.2 Å². The molecule has 134 valence electrons. The average molecular weight is 354 g/mol. The summed E-state index contributed by atoms with van der Waals surface area (Å²) in [7, 11) is -1.86. The first kappa shape index (κ1) is 19.0. The van der Waals surface area contributed by atoms with Crippen molar-refractivity contribution in [1.29, 1.82) is 0 Å². The van der Waals surface area contributed by atoms with Crippen LogP contribution >= 0.6 is 0 Å². The van der Waals surface area contributed by atoms with Gasteiger partial charge < -0.3 is 13.9 Å². The fraction of sp³-hybridized carbons (Fsp3) is 0.688. The Balaban J connectivity index is 2.04. The van der Waals surface area contributed by atoms with E-state index in [1.807, 2.05) is 0 Å². The average Bonchev–Trinajstić information content (AvgIpc) is 2.52. The molecule has 0 saturated carbocycles. The third kappa shape index (κ3) is 4.38. The van der Waals surface area contributed by atoms with Crippen LogP contribution in [0.1, 0.15) is 39.0 Å². The maximum absolute atomic E-state index is 11.1. The molecule has 0 amide bonds. The molecule has 0 bridgehead atoms. The lowest BCUT2D eigenvalue weighted by molar-refractivity contribution is -0.388. The maximum Gasteiger partial charge on any atom is 0.295 e. The quantitative estimate of drug-likeness (QED) is 0.454. The van der Waals surface area contributed by atoms with Gasteiger partial charge in [0.15, 0.2) is 14.6 Å². The molecule has 0 aromatic carbocycles. The molecule has 1 aliphatic heterocycles. The van der Waals surface area contributed by atoms with E-state index < -0.39 is 19.5 Å². The Kier molecular flexibility index (Phi) is 5.74. The van der Waals surface area contributed by atoms with Crippen molar-refractivity contribution >= 4 is 14.0 Å². The molecule has 0 spiro atoms. The number of nitro groups is 1. The summed E-state index contributed by atoms with van der Waals surface area (Å²) in [5.74, 6) is 0. The van der Waals surface area contributed by atoms with Crippen LogP contribution < -0.4 is 0 Å². The number of rotatable bonds is 5. The van der Waals surface area contributed by atoms with E-state index in [1.165, 1.54) is 12.4 Å². The highest BCUT2D eigenvalue weighted by Crippen LogP contribution is 2.37. The Morgan fingerprint density at radius 3 is 2.79 bits per heavy atom. The predicted molar refractivity (Wildman–Crippen MR) is 92.2 cm³/mol. The van der Waals surface area contributed by atoms with Gasteiger partial charge in [-0.25, -0.2) is 0 Å². The first-order valence-electron chi connectivity index (χ1n) is 8.11. The zero-order valence-corrected chi connectivity index (χ0v) is 15.9. The predicted octanol–water partition coefficient (Wildman–Crippen LogP) is 3.82. The topological polar surface area (TPSA) is 83.7 Å². The minimum atomic E-state index is -1.86. The molecular weight excluding hydrogens is 328 g/mol. The van der Waals surface area contributed by atoms with E-state index in [2.05, 4.69) is 38.8 Å². The van der Waals surface area contributed by atoms with Gasteiger partial charge in [0.2, 0.25) is 0 Å². The summed E-state index contributed by atoms with van der Waals surface area (Å²) in [5, 5.41) is 11.3. The number of ether oxygens (including phenoxy) is 2. The highest BCUT2D eigenvalue weighted by molar-refractivity contribution is 6.74. The summed E-state index contributed by atoms with van der Waals surface area (Å²) in [6, 6.07) is 1.57. The van der Waals surface area contributed by atoms with E-state index in [4.69, 9.17) is 13.9 Å². The van der Waals surface area contributed by atoms with Crippen molar-refractivity contribution in [3.63, 3.8) is 0 Å². The molecule has 1 saturated heterocycles. The minimum Gasteiger partial charge on any atom is -0.414 e. The smallest absolute Gasteiger partial charge is 0.295 e. The second-order valence-electron chi connectivity index (χ2n) is 7.51. The Morgan fingerprint density at radius 2 is 2.17 bits per heavy atom. The van der Waals surface area contributed by atoms with E-state index >= 15 is 0 Å². The molecule has 24 heavy (non-hydrogen) atoms. The van der Waals surface area contributed by atoms with Gasteiger partial charge in [0.05, 0.1) is 29.8 Å². The highest BCUT2D eigenvalue weighted by atomic mass is 28.4. The van der Waals surface area contributed by atoms with Gasteiger partial charge in [0.1, 0.15) is 6.20 Å². The highest BCUT2D eigenvalue weighted by Gasteiger charge is 2.38. The molecule has 1 fully saturated rings. The molecule has 0 radical (unpaired) electrons. The van der Waals surface area contributed by atoms with Gasteiger partial charge in [-0.1, -0.05) is 20.8 Å². The molecule has 1 aromatic heterocycles. The minimum absolute atomic E-state index is 0.0894. The van der Waals surface area contributed by atoms with Crippen molar-refractivity contribution in [1.82, 2.24) is 4.98 Å². The molecule has 7 nitrogen and oxygen atoms in total. The van der Waals surface area contributed by atoms with Crippen molar-refractivity contribution in [3.8, 4) is 0 Å². The molecule has 0 N–H and O–H groups in total. The van der Waals surface area contributed by atoms with Gasteiger partial charge >= 0.3 is 0 Å². The zero-order valence-electron chi connectivity index (χ0n) is 14.9. The fourth-order valence-electron chi connectivity index (χ4n) is 2.14. The zero-order chi connectivity index (χ0) is 18.0. The molecule has 1 aliphatic rings. The van der Waals surface area contributed by atoms with Crippen LogP contribution in [0.5, 0.6) is 0 Å². The molecule has 2 heterocycles. The van der Waals surface area contributed by atoms with Crippen LogP contribution in [-0.2, 0) is 13.9 Å². The third-order valence-electron chi connectivity index (χ3n) is 4.74. The molecule has 2 atom stereocenters. The van der Waals surface area contributed by atoms with Crippen LogP contribution in [0.3, 0.4) is 0 Å². The molecule has 0 aliphatic carbocycles. The number of hydrogen-bond donors (Lipinski definition) is 0. The van der Waals surface area contributed by atoms with E-state index in [0.29, 0.717) is 25.2 Å². The molecule has 0 unspecified atom stereocenters.